The van der Waals surface area contributed by atoms with Crippen LogP contribution in [0, 0.1) is 0 Å². The number of carboxylic acid groups (broad SMARTS) is 1. The van der Waals surface area contributed by atoms with E-state index in [0.29, 0.717) is 0 Å². The lowest BCUT2D eigenvalue weighted by molar-refractivity contribution is -0.157. The van der Waals surface area contributed by atoms with Gasteiger partial charge in [0.1, 0.15) is 12.6 Å². The highest BCUT2D eigenvalue weighted by Crippen LogP contribution is 2.44. The molecule has 8 heteroatoms. The van der Waals surface area contributed by atoms with Crippen LogP contribution in [0.25, 0.3) is 11.1 Å². The van der Waals surface area contributed by atoms with E-state index in [1.54, 1.807) is 0 Å². The Morgan fingerprint density at radius 1 is 1.13 bits per heavy atom. The largest absolute Gasteiger partial charge is 0.479 e. The second-order valence-corrected chi connectivity index (χ2v) is 8.04. The van der Waals surface area contributed by atoms with Crippen LogP contribution in [0.3, 0.4) is 0 Å². The lowest BCUT2D eigenvalue weighted by Crippen LogP contribution is -2.49. The molecular weight excluding hydrogens is 400 g/mol. The maximum atomic E-state index is 12.5. The molecule has 2 aliphatic rings. The fraction of sp³-hybridized carbons (Fsp3) is 0.348. The summed E-state index contributed by atoms with van der Waals surface area (Å²) in [5.41, 5.74) is 2.47. The highest BCUT2D eigenvalue weighted by atomic mass is 16.5. The molecule has 0 bridgehead atoms. The number of alkyl carbamates (subject to hydrolysis) is 1. The number of hydrogen-bond donors (Lipinski definition) is 3. The molecule has 1 aliphatic heterocycles. The number of carbonyl (C=O) groups is 3. The first-order valence-corrected chi connectivity index (χ1v) is 10.2. The van der Waals surface area contributed by atoms with E-state index in [2.05, 4.69) is 5.32 Å². The van der Waals surface area contributed by atoms with Crippen LogP contribution in [0.15, 0.2) is 48.5 Å². The molecule has 31 heavy (non-hydrogen) atoms. The van der Waals surface area contributed by atoms with Crippen LogP contribution in [0.2, 0.25) is 0 Å². The molecule has 1 unspecified atom stereocenters. The second kappa shape index (κ2) is 8.03. The van der Waals surface area contributed by atoms with E-state index in [0.717, 1.165) is 22.3 Å². The Labute approximate surface area is 179 Å². The average Bonchev–Trinajstić information content (AvgIpc) is 3.31. The Morgan fingerprint density at radius 2 is 1.71 bits per heavy atom. The Balaban J connectivity index is 1.36. The Morgan fingerprint density at radius 3 is 2.26 bits per heavy atom. The molecule has 1 saturated heterocycles. The van der Waals surface area contributed by atoms with Crippen molar-refractivity contribution in [2.75, 3.05) is 19.7 Å². The van der Waals surface area contributed by atoms with E-state index in [1.165, 1.54) is 11.8 Å². The lowest BCUT2D eigenvalue weighted by atomic mass is 9.98. The van der Waals surface area contributed by atoms with Crippen molar-refractivity contribution in [3.63, 3.8) is 0 Å². The number of nitrogens with one attached hydrogen (secondary N) is 1. The summed E-state index contributed by atoms with van der Waals surface area (Å²) in [6, 6.07) is 15.1. The molecule has 8 nitrogen and oxygen atoms in total. The molecule has 3 N–H and O–H groups in total. The lowest BCUT2D eigenvalue weighted by Gasteiger charge is -2.23. The Hall–Kier alpha value is -3.39. The van der Waals surface area contributed by atoms with Gasteiger partial charge in [0.05, 0.1) is 6.54 Å². The quantitative estimate of drug-likeness (QED) is 0.676. The molecule has 0 aromatic heterocycles. The molecule has 1 heterocycles. The number of β-amino-alcohol motifs (C(OH)–C–C–N with tert-alkyl or cyclic N) is 1. The van der Waals surface area contributed by atoms with E-state index >= 15 is 0 Å². The molecule has 1 fully saturated rings. The topological polar surface area (TPSA) is 116 Å². The monoisotopic (exact) mass is 424 g/mol. The van der Waals surface area contributed by atoms with Gasteiger partial charge in [0.15, 0.2) is 5.60 Å². The van der Waals surface area contributed by atoms with Gasteiger partial charge >= 0.3 is 12.1 Å². The van der Waals surface area contributed by atoms with Crippen LogP contribution in [-0.2, 0) is 14.3 Å². The number of aliphatic hydroxyl groups is 1. The molecule has 4 rings (SSSR count). The highest BCUT2D eigenvalue weighted by Gasteiger charge is 2.45. The molecule has 0 spiro atoms. The van der Waals surface area contributed by atoms with Crippen molar-refractivity contribution >= 4 is 18.0 Å². The normalized spacial score (nSPS) is 20.6. The minimum absolute atomic E-state index is 0.0499. The number of rotatable bonds is 5. The van der Waals surface area contributed by atoms with Crippen LogP contribution in [0.4, 0.5) is 4.79 Å². The van der Waals surface area contributed by atoms with Crippen LogP contribution < -0.4 is 5.32 Å². The number of nitrogens with zero attached hydrogens (tertiary/aromatic N) is 1. The third kappa shape index (κ3) is 3.86. The molecule has 162 valence electrons. The number of likely N-dealkylation sites (tertiary alicyclic amines) is 1. The number of hydrogen-bond acceptors (Lipinski definition) is 5. The summed E-state index contributed by atoms with van der Waals surface area (Å²) >= 11 is 0. The number of fused-ring (bicyclic) bond motifs is 3. The third-order valence-corrected chi connectivity index (χ3v) is 6.01. The predicted octanol–water partition coefficient (Wildman–Crippen LogP) is 1.96. The van der Waals surface area contributed by atoms with Crippen LogP contribution in [0.1, 0.15) is 30.4 Å². The number of carboxylic acids is 1. The van der Waals surface area contributed by atoms with Crippen molar-refractivity contribution in [2.24, 2.45) is 0 Å². The average molecular weight is 424 g/mol. The van der Waals surface area contributed by atoms with Gasteiger partial charge in [-0.3, -0.25) is 4.79 Å². The highest BCUT2D eigenvalue weighted by molar-refractivity contribution is 5.87. The summed E-state index contributed by atoms with van der Waals surface area (Å²) in [6.45, 7) is 1.43. The SMILES string of the molecule is C[C@H](NC(=O)OCC1c2ccccc2-c2ccccc21)C(=O)N1CCC(O)(C(=O)O)C1. The zero-order valence-electron chi connectivity index (χ0n) is 17.1. The number of amides is 2. The molecule has 2 amide bonds. The van der Waals surface area contributed by atoms with Crippen molar-refractivity contribution in [3.8, 4) is 11.1 Å². The van der Waals surface area contributed by atoms with Gasteiger partial charge in [-0.05, 0) is 29.2 Å². The fourth-order valence-electron chi connectivity index (χ4n) is 4.31. The van der Waals surface area contributed by atoms with E-state index < -0.39 is 29.6 Å². The first-order chi connectivity index (χ1) is 14.8. The van der Waals surface area contributed by atoms with Crippen molar-refractivity contribution < 1.29 is 29.3 Å². The first-order valence-electron chi connectivity index (χ1n) is 10.2. The molecule has 1 aliphatic carbocycles. The van der Waals surface area contributed by atoms with Crippen molar-refractivity contribution in [2.45, 2.75) is 30.9 Å². The Bertz CT molecular complexity index is 993. The maximum absolute atomic E-state index is 12.5. The number of carbonyl (C=O) groups excluding carboxylic acids is 2. The second-order valence-electron chi connectivity index (χ2n) is 8.04. The van der Waals surface area contributed by atoms with Crippen molar-refractivity contribution in [1.82, 2.24) is 10.2 Å². The van der Waals surface area contributed by atoms with Gasteiger partial charge < -0.3 is 25.2 Å². The van der Waals surface area contributed by atoms with Crippen LogP contribution in [-0.4, -0.2) is 64.4 Å². The van der Waals surface area contributed by atoms with E-state index in [1.807, 2.05) is 48.5 Å². The van der Waals surface area contributed by atoms with Crippen LogP contribution in [0.5, 0.6) is 0 Å². The number of benzene rings is 2. The molecular formula is C23H24N2O6. The number of aliphatic carboxylic acids is 1. The third-order valence-electron chi connectivity index (χ3n) is 6.01. The molecule has 0 saturated carbocycles. The summed E-state index contributed by atoms with van der Waals surface area (Å²) < 4.78 is 5.44. The zero-order valence-corrected chi connectivity index (χ0v) is 17.1. The summed E-state index contributed by atoms with van der Waals surface area (Å²) in [5, 5.41) is 21.6. The molecule has 2 aromatic rings. The van der Waals surface area contributed by atoms with Crippen molar-refractivity contribution in [3.05, 3.63) is 59.7 Å². The summed E-state index contributed by atoms with van der Waals surface area (Å²) in [5.74, 6) is -1.92. The zero-order chi connectivity index (χ0) is 22.2. The van der Waals surface area contributed by atoms with E-state index in [4.69, 9.17) is 9.84 Å². The standard InChI is InChI=1S/C23H24N2O6/c1-14(20(26)25-11-10-23(30,13-25)21(27)28)24-22(29)31-12-19-17-8-4-2-6-15(17)16-7-3-5-9-18(16)19/h2-9,14,19,30H,10-13H2,1H3,(H,24,29)(H,27,28)/t14-,23?/m0/s1. The van der Waals surface area contributed by atoms with Crippen LogP contribution >= 0.6 is 0 Å². The number of ether oxygens (including phenoxy) is 1. The summed E-state index contributed by atoms with van der Waals surface area (Å²) in [4.78, 5) is 37.3. The van der Waals surface area contributed by atoms with Gasteiger partial charge in [0.25, 0.3) is 0 Å². The first kappa shape index (κ1) is 20.9. The summed E-state index contributed by atoms with van der Waals surface area (Å²) in [7, 11) is 0. The Kier molecular flexibility index (Phi) is 5.41. The van der Waals surface area contributed by atoms with E-state index in [9.17, 15) is 19.5 Å². The minimum atomic E-state index is -1.95. The molecule has 2 aromatic carbocycles. The van der Waals surface area contributed by atoms with Gasteiger partial charge in [0.2, 0.25) is 5.91 Å². The van der Waals surface area contributed by atoms with Gasteiger partial charge in [-0.15, -0.1) is 0 Å². The summed E-state index contributed by atoms with van der Waals surface area (Å²) in [6.07, 6.45) is -0.776. The fourth-order valence-corrected chi connectivity index (χ4v) is 4.31. The van der Waals surface area contributed by atoms with E-state index in [-0.39, 0.29) is 32.0 Å². The van der Waals surface area contributed by atoms with Gasteiger partial charge in [-0.2, -0.15) is 0 Å². The van der Waals surface area contributed by atoms with Gasteiger partial charge in [-0.1, -0.05) is 48.5 Å². The molecule has 2 atom stereocenters. The van der Waals surface area contributed by atoms with Gasteiger partial charge in [-0.25, -0.2) is 9.59 Å². The maximum Gasteiger partial charge on any atom is 0.407 e. The van der Waals surface area contributed by atoms with Crippen molar-refractivity contribution in [1.29, 1.82) is 0 Å². The predicted molar refractivity (Wildman–Crippen MR) is 111 cm³/mol. The smallest absolute Gasteiger partial charge is 0.407 e. The molecule has 0 radical (unpaired) electrons. The minimum Gasteiger partial charge on any atom is -0.479 e. The van der Waals surface area contributed by atoms with Gasteiger partial charge in [0, 0.05) is 18.9 Å².